The Balaban J connectivity index is 0.943. The van der Waals surface area contributed by atoms with Crippen molar-refractivity contribution >= 4 is 46.4 Å². The second kappa shape index (κ2) is 15.4. The topological polar surface area (TPSA) is 180 Å². The first-order valence-electron chi connectivity index (χ1n) is 18.9. The van der Waals surface area contributed by atoms with Gasteiger partial charge in [-0.2, -0.15) is 26.3 Å². The second-order valence-corrected chi connectivity index (χ2v) is 15.1. The third kappa shape index (κ3) is 7.74. The lowest BCUT2D eigenvalue weighted by Gasteiger charge is -2.26. The number of imide groups is 2. The summed E-state index contributed by atoms with van der Waals surface area (Å²) in [5.74, 6) is -3.02. The molecule has 4 amide bonds. The van der Waals surface area contributed by atoms with Gasteiger partial charge < -0.3 is 9.47 Å². The quantitative estimate of drug-likeness (QED) is 0.0556. The number of rotatable bonds is 10. The molecule has 0 radical (unpaired) electrons. The molecule has 0 unspecified atom stereocenters. The number of ether oxygens (including phenoxy) is 2. The van der Waals surface area contributed by atoms with Crippen molar-refractivity contribution < 1.29 is 64.8 Å². The van der Waals surface area contributed by atoms with Gasteiger partial charge >= 0.3 is 12.4 Å². The van der Waals surface area contributed by atoms with Gasteiger partial charge in [0.05, 0.1) is 43.2 Å². The molecule has 0 spiro atoms. The lowest BCUT2D eigenvalue weighted by atomic mass is 9.78. The summed E-state index contributed by atoms with van der Waals surface area (Å²) in [6.45, 7) is 3.90. The van der Waals surface area contributed by atoms with Crippen molar-refractivity contribution in [3.63, 3.8) is 0 Å². The van der Waals surface area contributed by atoms with Crippen molar-refractivity contribution in [2.75, 3.05) is 9.80 Å². The summed E-state index contributed by atoms with van der Waals surface area (Å²) in [6.07, 6.45) is -9.81. The number of anilines is 2. The lowest BCUT2D eigenvalue weighted by molar-refractivity contribution is -0.384. The molecule has 6 aromatic carbocycles. The number of hydrogen-bond acceptors (Lipinski definition) is 10. The van der Waals surface area contributed by atoms with Gasteiger partial charge in [0.1, 0.15) is 34.4 Å². The summed E-state index contributed by atoms with van der Waals surface area (Å²) in [4.78, 5) is 75.2. The Morgan fingerprint density at radius 1 is 0.431 bits per heavy atom. The molecule has 0 fully saturated rings. The Morgan fingerprint density at radius 2 is 0.738 bits per heavy atom. The maximum Gasteiger partial charge on any atom is 0.416 e. The smallest absolute Gasteiger partial charge is 0.416 e. The maximum absolute atomic E-state index is 13.4. The Hall–Kier alpha value is -8.42. The van der Waals surface area contributed by atoms with Gasteiger partial charge in [-0.3, -0.25) is 39.4 Å². The largest absolute Gasteiger partial charge is 0.457 e. The van der Waals surface area contributed by atoms with Crippen molar-refractivity contribution in [3.05, 3.63) is 186 Å². The highest BCUT2D eigenvalue weighted by molar-refractivity contribution is 6.36. The minimum atomic E-state index is -4.91. The number of carbonyl (C=O) groups is 4. The van der Waals surface area contributed by atoms with E-state index >= 15 is 0 Å². The maximum atomic E-state index is 13.4. The highest BCUT2D eigenvalue weighted by atomic mass is 19.4. The van der Waals surface area contributed by atoms with E-state index in [4.69, 9.17) is 9.47 Å². The van der Waals surface area contributed by atoms with Crippen LogP contribution in [0.1, 0.15) is 77.5 Å². The number of benzene rings is 6. The molecule has 2 aliphatic heterocycles. The second-order valence-electron chi connectivity index (χ2n) is 15.1. The van der Waals surface area contributed by atoms with Crippen molar-refractivity contribution in [2.45, 2.75) is 31.6 Å². The Kier molecular flexibility index (Phi) is 10.3. The van der Waals surface area contributed by atoms with Crippen molar-refractivity contribution in [2.24, 2.45) is 0 Å². The normalized spacial score (nSPS) is 13.8. The fourth-order valence-electron chi connectivity index (χ4n) is 7.39. The molecule has 0 atom stereocenters. The van der Waals surface area contributed by atoms with E-state index in [-0.39, 0.29) is 45.9 Å². The Bertz CT molecular complexity index is 2840. The monoisotopic (exact) mass is 896 g/mol. The van der Waals surface area contributed by atoms with Crippen molar-refractivity contribution in [3.8, 4) is 23.0 Å². The fourth-order valence-corrected chi connectivity index (χ4v) is 7.39. The van der Waals surface area contributed by atoms with Gasteiger partial charge in [-0.05, 0) is 96.1 Å². The number of carbonyl (C=O) groups excluding carboxylic acids is 4. The van der Waals surface area contributed by atoms with E-state index in [1.807, 2.05) is 13.8 Å². The number of nitro groups is 2. The average Bonchev–Trinajstić information content (AvgIpc) is 3.65. The summed E-state index contributed by atoms with van der Waals surface area (Å²) < 4.78 is 91.5. The van der Waals surface area contributed by atoms with Gasteiger partial charge in [0.25, 0.3) is 35.0 Å². The van der Waals surface area contributed by atoms with Crippen LogP contribution >= 0.6 is 0 Å². The molecule has 0 bridgehead atoms. The van der Waals surface area contributed by atoms with E-state index in [1.165, 1.54) is 36.4 Å². The molecular weight excluding hydrogens is 871 g/mol. The van der Waals surface area contributed by atoms with Crippen molar-refractivity contribution in [1.82, 2.24) is 0 Å². The Morgan fingerprint density at radius 3 is 1.06 bits per heavy atom. The van der Waals surface area contributed by atoms with E-state index in [9.17, 15) is 65.7 Å². The summed E-state index contributed by atoms with van der Waals surface area (Å²) in [5.41, 5.74) is -5.62. The zero-order valence-electron chi connectivity index (χ0n) is 33.2. The molecule has 14 nitrogen and oxygen atoms in total. The van der Waals surface area contributed by atoms with Crippen LogP contribution < -0.4 is 19.3 Å². The first-order valence-corrected chi connectivity index (χ1v) is 18.9. The number of amides is 4. The summed E-state index contributed by atoms with van der Waals surface area (Å²) in [7, 11) is 0. The third-order valence-electron chi connectivity index (χ3n) is 10.8. The summed E-state index contributed by atoms with van der Waals surface area (Å²) in [6, 6.07) is 24.6. The van der Waals surface area contributed by atoms with Gasteiger partial charge in [-0.1, -0.05) is 38.1 Å². The third-order valence-corrected chi connectivity index (χ3v) is 10.8. The van der Waals surface area contributed by atoms with Crippen LogP contribution in [0.3, 0.4) is 0 Å². The number of nitro benzene ring substituents is 2. The van der Waals surface area contributed by atoms with Crippen LogP contribution in [-0.2, 0) is 17.8 Å². The van der Waals surface area contributed by atoms with E-state index in [0.29, 0.717) is 45.6 Å². The number of nitrogens with zero attached hydrogens (tertiary/aromatic N) is 4. The SMILES string of the molecule is CC(C)(c1ccc(Oc2ccc3c(c2)C(=O)N(c2ccc(C(F)(F)F)cc2[N+](=O)[O-])C3=O)cc1)c1ccc(Oc2ccc3c(c2)C(=O)N(c2ccc(C(F)(F)F)cc2[N+](=O)[O-])C3=O)cc1. The van der Waals surface area contributed by atoms with Gasteiger partial charge in [0.15, 0.2) is 0 Å². The van der Waals surface area contributed by atoms with Crippen LogP contribution in [0.4, 0.5) is 49.1 Å². The van der Waals surface area contributed by atoms with Gasteiger partial charge in [-0.15, -0.1) is 0 Å². The van der Waals surface area contributed by atoms with Crippen LogP contribution in [0.5, 0.6) is 23.0 Å². The predicted octanol–water partition coefficient (Wildman–Crippen LogP) is 11.1. The number of fused-ring (bicyclic) bond motifs is 2. The van der Waals surface area contributed by atoms with E-state index in [0.717, 1.165) is 11.1 Å². The number of halogens is 6. The zero-order valence-corrected chi connectivity index (χ0v) is 33.2. The molecular formula is C45H26F6N4O10. The minimum absolute atomic E-state index is 0.121. The molecule has 328 valence electrons. The van der Waals surface area contributed by atoms with E-state index < -0.39 is 85.1 Å². The van der Waals surface area contributed by atoms with Crippen LogP contribution in [-0.4, -0.2) is 33.5 Å². The molecule has 6 aromatic rings. The molecule has 20 heteroatoms. The number of alkyl halides is 6. The fraction of sp³-hybridized carbons (Fsp3) is 0.111. The molecule has 8 rings (SSSR count). The highest BCUT2D eigenvalue weighted by Crippen LogP contribution is 2.43. The van der Waals surface area contributed by atoms with Crippen LogP contribution in [0.15, 0.2) is 121 Å². The van der Waals surface area contributed by atoms with E-state index in [2.05, 4.69) is 0 Å². The van der Waals surface area contributed by atoms with Gasteiger partial charge in [0, 0.05) is 17.5 Å². The van der Waals surface area contributed by atoms with Crippen LogP contribution in [0.25, 0.3) is 0 Å². The van der Waals surface area contributed by atoms with Gasteiger partial charge in [-0.25, -0.2) is 9.80 Å². The molecule has 0 saturated carbocycles. The summed E-state index contributed by atoms with van der Waals surface area (Å²) >= 11 is 0. The number of hydrogen-bond donors (Lipinski definition) is 0. The standard InChI is InChI=1S/C45H26F6N4O10/c1-43(2,23-3-9-27(10-4-23)64-29-13-15-31-33(21-29)41(58)52(39(31)56)35-17-7-25(44(46,47)48)19-37(35)54(60)61)24-5-11-28(12-6-24)65-30-14-16-32-34(22-30)42(59)53(40(32)57)36-18-8-26(45(49,50)51)20-38(36)55(62)63/h3-22H,1-2H3. The molecule has 2 aliphatic rings. The lowest BCUT2D eigenvalue weighted by Crippen LogP contribution is -2.30. The van der Waals surface area contributed by atoms with Crippen LogP contribution in [0, 0.1) is 20.2 Å². The van der Waals surface area contributed by atoms with Gasteiger partial charge in [0.2, 0.25) is 0 Å². The first kappa shape index (κ1) is 43.2. The molecule has 0 aliphatic carbocycles. The Labute approximate surface area is 361 Å². The van der Waals surface area contributed by atoms with E-state index in [1.54, 1.807) is 48.5 Å². The minimum Gasteiger partial charge on any atom is -0.457 e. The zero-order chi connectivity index (χ0) is 46.9. The highest BCUT2D eigenvalue weighted by Gasteiger charge is 2.43. The molecule has 0 N–H and O–H groups in total. The van der Waals surface area contributed by atoms with Crippen LogP contribution in [0.2, 0.25) is 0 Å². The first-order chi connectivity index (χ1) is 30.5. The molecule has 2 heterocycles. The molecule has 0 aromatic heterocycles. The molecule has 65 heavy (non-hydrogen) atoms. The summed E-state index contributed by atoms with van der Waals surface area (Å²) in [5, 5.41) is 23.4. The predicted molar refractivity (Wildman–Crippen MR) is 217 cm³/mol. The average molecular weight is 897 g/mol. The van der Waals surface area contributed by atoms with Crippen molar-refractivity contribution in [1.29, 1.82) is 0 Å². The molecule has 0 saturated heterocycles.